The molecule has 0 radical (unpaired) electrons. The summed E-state index contributed by atoms with van der Waals surface area (Å²) in [5, 5.41) is 6.19. The number of rotatable bonds is 5. The third kappa shape index (κ3) is 5.76. The average molecular weight is 411 g/mol. The minimum absolute atomic E-state index is 0.150. The third-order valence-electron chi connectivity index (χ3n) is 4.50. The summed E-state index contributed by atoms with van der Waals surface area (Å²) < 4.78 is 0. The molecule has 0 aliphatic carbocycles. The molecule has 0 saturated heterocycles. The Kier molecular flexibility index (Phi) is 7.49. The molecule has 0 fully saturated rings. The van der Waals surface area contributed by atoms with E-state index in [0.29, 0.717) is 17.2 Å². The SMILES string of the molecule is CC.Cc1ccc(NC(=O)c2ccccc2)cc1Nc1nccc(-c2ccccc2)n1. The van der Waals surface area contributed by atoms with Crippen LogP contribution in [-0.4, -0.2) is 15.9 Å². The largest absolute Gasteiger partial charge is 0.324 e. The number of amides is 1. The molecule has 1 heterocycles. The van der Waals surface area contributed by atoms with Gasteiger partial charge < -0.3 is 10.6 Å². The number of carbonyl (C=O) groups is 1. The minimum Gasteiger partial charge on any atom is -0.324 e. The van der Waals surface area contributed by atoms with Crippen molar-refractivity contribution in [1.29, 1.82) is 0 Å². The molecule has 0 aliphatic rings. The minimum atomic E-state index is -0.150. The van der Waals surface area contributed by atoms with Crippen molar-refractivity contribution in [2.24, 2.45) is 0 Å². The lowest BCUT2D eigenvalue weighted by atomic mass is 10.1. The molecule has 5 nitrogen and oxygen atoms in total. The van der Waals surface area contributed by atoms with E-state index in [1.807, 2.05) is 93.6 Å². The highest BCUT2D eigenvalue weighted by atomic mass is 16.1. The highest BCUT2D eigenvalue weighted by Crippen LogP contribution is 2.24. The molecule has 1 aromatic heterocycles. The van der Waals surface area contributed by atoms with E-state index >= 15 is 0 Å². The Bertz CT molecular complexity index is 1130. The Hall–Kier alpha value is -3.99. The number of nitrogens with zero attached hydrogens (tertiary/aromatic N) is 2. The molecule has 4 aromatic rings. The van der Waals surface area contributed by atoms with Crippen molar-refractivity contribution in [3.05, 3.63) is 102 Å². The molecule has 0 saturated carbocycles. The molecule has 31 heavy (non-hydrogen) atoms. The van der Waals surface area contributed by atoms with Crippen LogP contribution in [-0.2, 0) is 0 Å². The summed E-state index contributed by atoms with van der Waals surface area (Å²) in [7, 11) is 0. The van der Waals surface area contributed by atoms with E-state index in [4.69, 9.17) is 0 Å². The lowest BCUT2D eigenvalue weighted by molar-refractivity contribution is 0.102. The Morgan fingerprint density at radius 1 is 0.839 bits per heavy atom. The first-order valence-corrected chi connectivity index (χ1v) is 10.3. The van der Waals surface area contributed by atoms with Gasteiger partial charge in [-0.3, -0.25) is 4.79 Å². The van der Waals surface area contributed by atoms with Crippen molar-refractivity contribution >= 4 is 23.2 Å². The van der Waals surface area contributed by atoms with Crippen molar-refractivity contribution in [1.82, 2.24) is 9.97 Å². The first-order valence-electron chi connectivity index (χ1n) is 10.3. The van der Waals surface area contributed by atoms with Gasteiger partial charge in [0.1, 0.15) is 0 Å². The zero-order valence-corrected chi connectivity index (χ0v) is 18.0. The summed E-state index contributed by atoms with van der Waals surface area (Å²) in [6.45, 7) is 5.99. The maximum atomic E-state index is 12.4. The normalized spacial score (nSPS) is 9.90. The zero-order chi connectivity index (χ0) is 22.1. The average Bonchev–Trinajstić information content (AvgIpc) is 2.84. The van der Waals surface area contributed by atoms with Crippen LogP contribution in [0.1, 0.15) is 29.8 Å². The predicted octanol–water partition coefficient (Wildman–Crippen LogP) is 6.47. The standard InChI is InChI=1S/C24H20N4O.C2H6/c1-17-12-13-20(26-23(29)19-10-6-3-7-11-19)16-22(17)28-24-25-15-14-21(27-24)18-8-4-2-5-9-18;1-2/h2-16H,1H3,(H,26,29)(H,25,27,28);1-2H3. The summed E-state index contributed by atoms with van der Waals surface area (Å²) >= 11 is 0. The van der Waals surface area contributed by atoms with Gasteiger partial charge in [0, 0.05) is 28.7 Å². The molecule has 3 aromatic carbocycles. The van der Waals surface area contributed by atoms with E-state index in [9.17, 15) is 4.79 Å². The van der Waals surface area contributed by atoms with Crippen LogP contribution in [0.2, 0.25) is 0 Å². The molecule has 0 spiro atoms. The molecule has 5 heteroatoms. The van der Waals surface area contributed by atoms with Gasteiger partial charge in [-0.2, -0.15) is 0 Å². The van der Waals surface area contributed by atoms with E-state index in [-0.39, 0.29) is 5.91 Å². The summed E-state index contributed by atoms with van der Waals surface area (Å²) in [5.41, 5.74) is 5.04. The fraction of sp³-hybridized carbons (Fsp3) is 0.115. The summed E-state index contributed by atoms with van der Waals surface area (Å²) in [5.74, 6) is 0.351. The highest BCUT2D eigenvalue weighted by molar-refractivity contribution is 6.04. The number of carbonyl (C=O) groups excluding carboxylic acids is 1. The summed E-state index contributed by atoms with van der Waals surface area (Å²) in [6, 6.07) is 26.7. The van der Waals surface area contributed by atoms with Crippen LogP contribution in [0.3, 0.4) is 0 Å². The van der Waals surface area contributed by atoms with E-state index < -0.39 is 0 Å². The van der Waals surface area contributed by atoms with Gasteiger partial charge in [0.05, 0.1) is 5.69 Å². The van der Waals surface area contributed by atoms with Crippen LogP contribution in [0.4, 0.5) is 17.3 Å². The Balaban J connectivity index is 0.00000132. The molecule has 0 aliphatic heterocycles. The molecule has 156 valence electrons. The summed E-state index contributed by atoms with van der Waals surface area (Å²) in [4.78, 5) is 21.4. The quantitative estimate of drug-likeness (QED) is 0.395. The third-order valence-corrected chi connectivity index (χ3v) is 4.50. The van der Waals surface area contributed by atoms with Crippen molar-refractivity contribution in [3.63, 3.8) is 0 Å². The van der Waals surface area contributed by atoms with Crippen molar-refractivity contribution in [2.45, 2.75) is 20.8 Å². The van der Waals surface area contributed by atoms with Gasteiger partial charge >= 0.3 is 0 Å². The van der Waals surface area contributed by atoms with Crippen molar-refractivity contribution in [2.75, 3.05) is 10.6 Å². The Morgan fingerprint density at radius 3 is 2.23 bits per heavy atom. The first-order chi connectivity index (χ1) is 15.2. The molecule has 0 bridgehead atoms. The monoisotopic (exact) mass is 410 g/mol. The maximum Gasteiger partial charge on any atom is 0.255 e. The van der Waals surface area contributed by atoms with Gasteiger partial charge in [-0.25, -0.2) is 9.97 Å². The Morgan fingerprint density at radius 2 is 1.52 bits per heavy atom. The van der Waals surface area contributed by atoms with E-state index in [0.717, 1.165) is 22.5 Å². The lowest BCUT2D eigenvalue weighted by Crippen LogP contribution is -2.12. The lowest BCUT2D eigenvalue weighted by Gasteiger charge is -2.12. The van der Waals surface area contributed by atoms with Crippen LogP contribution < -0.4 is 10.6 Å². The van der Waals surface area contributed by atoms with Crippen LogP contribution >= 0.6 is 0 Å². The fourth-order valence-electron chi connectivity index (χ4n) is 2.94. The molecule has 1 amide bonds. The smallest absolute Gasteiger partial charge is 0.255 e. The second-order valence-electron chi connectivity index (χ2n) is 6.61. The van der Waals surface area contributed by atoms with Gasteiger partial charge in [0.15, 0.2) is 0 Å². The highest BCUT2D eigenvalue weighted by Gasteiger charge is 2.08. The number of aryl methyl sites for hydroxylation is 1. The number of hydrogen-bond acceptors (Lipinski definition) is 4. The van der Waals surface area contributed by atoms with Crippen molar-refractivity contribution < 1.29 is 4.79 Å². The molecular formula is C26H26N4O. The number of nitrogens with one attached hydrogen (secondary N) is 2. The molecule has 2 N–H and O–H groups in total. The fourth-order valence-corrected chi connectivity index (χ4v) is 2.94. The Labute approximate surface area is 183 Å². The molecule has 0 atom stereocenters. The van der Waals surface area contributed by atoms with Crippen LogP contribution in [0.15, 0.2) is 91.1 Å². The van der Waals surface area contributed by atoms with Gasteiger partial charge in [-0.05, 0) is 42.8 Å². The molecule has 4 rings (SSSR count). The van der Waals surface area contributed by atoms with Crippen LogP contribution in [0.5, 0.6) is 0 Å². The second kappa shape index (κ2) is 10.7. The number of hydrogen-bond donors (Lipinski definition) is 2. The van der Waals surface area contributed by atoms with Crippen molar-refractivity contribution in [3.8, 4) is 11.3 Å². The van der Waals surface area contributed by atoms with Gasteiger partial charge in [-0.1, -0.05) is 68.4 Å². The topological polar surface area (TPSA) is 66.9 Å². The van der Waals surface area contributed by atoms with Crippen LogP contribution in [0.25, 0.3) is 11.3 Å². The van der Waals surface area contributed by atoms with Gasteiger partial charge in [-0.15, -0.1) is 0 Å². The predicted molar refractivity (Wildman–Crippen MR) is 128 cm³/mol. The number of aromatic nitrogens is 2. The van der Waals surface area contributed by atoms with Crippen LogP contribution in [0, 0.1) is 6.92 Å². The zero-order valence-electron chi connectivity index (χ0n) is 18.0. The molecular weight excluding hydrogens is 384 g/mol. The van der Waals surface area contributed by atoms with E-state index in [1.54, 1.807) is 18.3 Å². The molecule has 0 unspecified atom stereocenters. The van der Waals surface area contributed by atoms with E-state index in [2.05, 4.69) is 20.6 Å². The summed E-state index contributed by atoms with van der Waals surface area (Å²) in [6.07, 6.45) is 1.73. The maximum absolute atomic E-state index is 12.4. The number of anilines is 3. The van der Waals surface area contributed by atoms with E-state index in [1.165, 1.54) is 0 Å². The first kappa shape index (κ1) is 21.7. The van der Waals surface area contributed by atoms with Gasteiger partial charge in [0.25, 0.3) is 5.91 Å². The second-order valence-corrected chi connectivity index (χ2v) is 6.61. The van der Waals surface area contributed by atoms with Gasteiger partial charge in [0.2, 0.25) is 5.95 Å². The number of benzene rings is 3.